The van der Waals surface area contributed by atoms with E-state index < -0.39 is 0 Å². The van der Waals surface area contributed by atoms with Crippen LogP contribution in [0, 0.1) is 5.82 Å². The largest absolute Gasteiger partial charge is 0.362 e. The molecule has 1 heterocycles. The third kappa shape index (κ3) is 4.96. The fourth-order valence-corrected chi connectivity index (χ4v) is 2.31. The monoisotopic (exact) mass is 340 g/mol. The predicted molar refractivity (Wildman–Crippen MR) is 91.9 cm³/mol. The van der Waals surface area contributed by atoms with Gasteiger partial charge in [-0.05, 0) is 36.3 Å². The van der Waals surface area contributed by atoms with Gasteiger partial charge in [0.1, 0.15) is 5.82 Å². The summed E-state index contributed by atoms with van der Waals surface area (Å²) in [6.45, 7) is 3.44. The number of benzene rings is 1. The first kappa shape index (κ1) is 16.7. The number of rotatable bonds is 6. The summed E-state index contributed by atoms with van der Waals surface area (Å²) >= 11 is 11.2. The highest BCUT2D eigenvalue weighted by atomic mass is 35.5. The van der Waals surface area contributed by atoms with Crippen molar-refractivity contribution >= 4 is 34.7 Å². The van der Waals surface area contributed by atoms with Gasteiger partial charge in [0.05, 0.1) is 6.54 Å². The zero-order valence-corrected chi connectivity index (χ0v) is 13.8. The SMILES string of the molecule is CCCCNC(=S)Nc1ccn(Cc2ccc(F)cc2Cl)n1. The maximum Gasteiger partial charge on any atom is 0.171 e. The van der Waals surface area contributed by atoms with Gasteiger partial charge in [-0.2, -0.15) is 5.10 Å². The summed E-state index contributed by atoms with van der Waals surface area (Å²) < 4.78 is 14.7. The molecule has 0 spiro atoms. The van der Waals surface area contributed by atoms with Crippen LogP contribution >= 0.6 is 23.8 Å². The quantitative estimate of drug-likeness (QED) is 0.620. The Labute approximate surface area is 139 Å². The molecular formula is C15H18ClFN4S. The van der Waals surface area contributed by atoms with Crippen molar-refractivity contribution < 1.29 is 4.39 Å². The van der Waals surface area contributed by atoms with E-state index in [0.717, 1.165) is 24.9 Å². The second-order valence-electron chi connectivity index (χ2n) is 4.87. The molecule has 0 aliphatic heterocycles. The van der Waals surface area contributed by atoms with Crippen molar-refractivity contribution in [3.63, 3.8) is 0 Å². The standard InChI is InChI=1S/C15H18ClFN4S/c1-2-3-7-18-15(22)19-14-6-8-21(20-14)10-11-4-5-12(17)9-13(11)16/h4-6,8-9H,2-3,7,10H2,1H3,(H2,18,19,20,22). The van der Waals surface area contributed by atoms with E-state index in [1.54, 1.807) is 10.7 Å². The van der Waals surface area contributed by atoms with Crippen molar-refractivity contribution in [2.75, 3.05) is 11.9 Å². The van der Waals surface area contributed by atoms with E-state index >= 15 is 0 Å². The van der Waals surface area contributed by atoms with Crippen molar-refractivity contribution in [3.8, 4) is 0 Å². The third-order valence-electron chi connectivity index (χ3n) is 3.05. The van der Waals surface area contributed by atoms with Crippen LogP contribution in [0.4, 0.5) is 10.2 Å². The summed E-state index contributed by atoms with van der Waals surface area (Å²) in [6, 6.07) is 6.16. The van der Waals surface area contributed by atoms with Crippen molar-refractivity contribution in [3.05, 3.63) is 46.9 Å². The molecule has 0 atom stereocenters. The number of unbranched alkanes of at least 4 members (excludes halogenated alkanes) is 1. The molecule has 0 fully saturated rings. The number of nitrogens with zero attached hydrogens (tertiary/aromatic N) is 2. The third-order valence-corrected chi connectivity index (χ3v) is 3.64. The van der Waals surface area contributed by atoms with Gasteiger partial charge < -0.3 is 10.6 Å². The van der Waals surface area contributed by atoms with Crippen LogP contribution in [0.5, 0.6) is 0 Å². The van der Waals surface area contributed by atoms with Crippen molar-refractivity contribution in [1.82, 2.24) is 15.1 Å². The normalized spacial score (nSPS) is 10.5. The fraction of sp³-hybridized carbons (Fsp3) is 0.333. The van der Waals surface area contributed by atoms with Crippen molar-refractivity contribution in [2.24, 2.45) is 0 Å². The molecule has 1 aromatic heterocycles. The highest BCUT2D eigenvalue weighted by Gasteiger charge is 2.05. The van der Waals surface area contributed by atoms with Gasteiger partial charge in [0, 0.05) is 23.8 Å². The summed E-state index contributed by atoms with van der Waals surface area (Å²) in [5.74, 6) is 0.312. The molecule has 2 N–H and O–H groups in total. The number of nitrogens with one attached hydrogen (secondary N) is 2. The molecule has 0 aliphatic rings. The van der Waals surface area contributed by atoms with Gasteiger partial charge >= 0.3 is 0 Å². The maximum absolute atomic E-state index is 13.0. The Hall–Kier alpha value is -1.66. The summed E-state index contributed by atoms with van der Waals surface area (Å²) in [4.78, 5) is 0. The number of hydrogen-bond donors (Lipinski definition) is 2. The Bertz CT molecular complexity index is 644. The first-order chi connectivity index (χ1) is 10.6. The van der Waals surface area contributed by atoms with E-state index in [1.807, 2.05) is 12.3 Å². The molecule has 2 rings (SSSR count). The number of anilines is 1. The van der Waals surface area contributed by atoms with Gasteiger partial charge in [0.25, 0.3) is 0 Å². The average Bonchev–Trinajstić information content (AvgIpc) is 2.89. The molecule has 0 saturated carbocycles. The van der Waals surface area contributed by atoms with E-state index in [2.05, 4.69) is 22.7 Å². The predicted octanol–water partition coefficient (Wildman–Crippen LogP) is 3.81. The zero-order valence-electron chi connectivity index (χ0n) is 12.3. The lowest BCUT2D eigenvalue weighted by Gasteiger charge is -2.08. The summed E-state index contributed by atoms with van der Waals surface area (Å²) in [7, 11) is 0. The van der Waals surface area contributed by atoms with E-state index in [4.69, 9.17) is 23.8 Å². The minimum atomic E-state index is -0.347. The van der Waals surface area contributed by atoms with Gasteiger partial charge in [0.15, 0.2) is 10.9 Å². The molecule has 7 heteroatoms. The molecule has 0 aliphatic carbocycles. The molecular weight excluding hydrogens is 323 g/mol. The molecule has 0 unspecified atom stereocenters. The van der Waals surface area contributed by atoms with E-state index in [-0.39, 0.29) is 5.82 Å². The van der Waals surface area contributed by atoms with Crippen LogP contribution in [0.2, 0.25) is 5.02 Å². The van der Waals surface area contributed by atoms with Gasteiger partial charge in [-0.25, -0.2) is 4.39 Å². The molecule has 1 aromatic carbocycles. The Morgan fingerprint density at radius 1 is 1.41 bits per heavy atom. The number of hydrogen-bond acceptors (Lipinski definition) is 2. The Morgan fingerprint density at radius 3 is 2.95 bits per heavy atom. The van der Waals surface area contributed by atoms with Gasteiger partial charge in [-0.1, -0.05) is 31.0 Å². The number of thiocarbonyl (C=S) groups is 1. The molecule has 0 saturated heterocycles. The average molecular weight is 341 g/mol. The lowest BCUT2D eigenvalue weighted by Crippen LogP contribution is -2.29. The lowest BCUT2D eigenvalue weighted by atomic mass is 10.2. The molecule has 4 nitrogen and oxygen atoms in total. The Morgan fingerprint density at radius 2 is 2.23 bits per heavy atom. The van der Waals surface area contributed by atoms with Gasteiger partial charge in [-0.3, -0.25) is 4.68 Å². The molecule has 0 amide bonds. The van der Waals surface area contributed by atoms with E-state index in [9.17, 15) is 4.39 Å². The lowest BCUT2D eigenvalue weighted by molar-refractivity contribution is 0.624. The van der Waals surface area contributed by atoms with E-state index in [1.165, 1.54) is 12.1 Å². The van der Waals surface area contributed by atoms with E-state index in [0.29, 0.717) is 22.5 Å². The van der Waals surface area contributed by atoms with Crippen LogP contribution in [0.3, 0.4) is 0 Å². The van der Waals surface area contributed by atoms with Crippen LogP contribution in [0.15, 0.2) is 30.5 Å². The van der Waals surface area contributed by atoms with Crippen molar-refractivity contribution in [2.45, 2.75) is 26.3 Å². The summed E-state index contributed by atoms with van der Waals surface area (Å²) in [5, 5.41) is 11.4. The first-order valence-corrected chi connectivity index (χ1v) is 7.89. The van der Waals surface area contributed by atoms with Gasteiger partial charge in [0.2, 0.25) is 0 Å². The number of halogens is 2. The highest BCUT2D eigenvalue weighted by Crippen LogP contribution is 2.18. The molecule has 118 valence electrons. The second kappa shape index (κ2) is 8.10. The van der Waals surface area contributed by atoms with Crippen LogP contribution in [-0.4, -0.2) is 21.4 Å². The smallest absolute Gasteiger partial charge is 0.171 e. The van der Waals surface area contributed by atoms with Crippen LogP contribution in [0.1, 0.15) is 25.3 Å². The maximum atomic E-state index is 13.0. The Kier molecular flexibility index (Phi) is 6.15. The summed E-state index contributed by atoms with van der Waals surface area (Å²) in [6.07, 6.45) is 4.00. The molecule has 0 bridgehead atoms. The molecule has 2 aromatic rings. The zero-order chi connectivity index (χ0) is 15.9. The molecule has 0 radical (unpaired) electrons. The highest BCUT2D eigenvalue weighted by molar-refractivity contribution is 7.80. The first-order valence-electron chi connectivity index (χ1n) is 7.10. The van der Waals surface area contributed by atoms with Gasteiger partial charge in [-0.15, -0.1) is 0 Å². The van der Waals surface area contributed by atoms with Crippen LogP contribution < -0.4 is 10.6 Å². The van der Waals surface area contributed by atoms with Crippen molar-refractivity contribution in [1.29, 1.82) is 0 Å². The summed E-state index contributed by atoms with van der Waals surface area (Å²) in [5.41, 5.74) is 0.807. The topological polar surface area (TPSA) is 41.9 Å². The minimum Gasteiger partial charge on any atom is -0.362 e. The van der Waals surface area contributed by atoms with Crippen LogP contribution in [-0.2, 0) is 6.54 Å². The fourth-order valence-electron chi connectivity index (χ4n) is 1.88. The minimum absolute atomic E-state index is 0.347. The molecule has 22 heavy (non-hydrogen) atoms. The second-order valence-corrected chi connectivity index (χ2v) is 5.68. The Balaban J connectivity index is 1.92. The van der Waals surface area contributed by atoms with Crippen LogP contribution in [0.25, 0.3) is 0 Å². The number of aromatic nitrogens is 2.